The lowest BCUT2D eigenvalue weighted by molar-refractivity contribution is -0.147. The van der Waals surface area contributed by atoms with Crippen LogP contribution in [0, 0.1) is 17.8 Å². The molecule has 1 aromatic carbocycles. The van der Waals surface area contributed by atoms with E-state index in [9.17, 15) is 63.9 Å². The Bertz CT molecular complexity index is 1990. The van der Waals surface area contributed by atoms with Gasteiger partial charge < -0.3 is 67.7 Å². The molecular weight excluding hydrogens is 933 g/mol. The van der Waals surface area contributed by atoms with Crippen LogP contribution in [0.3, 0.4) is 0 Å². The Balaban J connectivity index is 1.62. The van der Waals surface area contributed by atoms with Crippen LogP contribution in [0.25, 0.3) is 0 Å². The molecule has 0 aliphatic carbocycles. The minimum Gasteiger partial charge on any atom is -0.508 e. The first kappa shape index (κ1) is 59.2. The normalized spacial score (nSPS) is 27.8. The smallest absolute Gasteiger partial charge is 0.248 e. The second-order valence-corrected chi connectivity index (χ2v) is 20.6. The Morgan fingerprint density at radius 1 is 0.806 bits per heavy atom. The van der Waals surface area contributed by atoms with Crippen molar-refractivity contribution in [1.29, 1.82) is 0 Å². The molecule has 21 nitrogen and oxygen atoms in total. The van der Waals surface area contributed by atoms with E-state index in [2.05, 4.69) is 47.4 Å². The molecule has 0 radical (unpaired) electrons. The molecule has 0 aromatic heterocycles. The van der Waals surface area contributed by atoms with Gasteiger partial charge in [-0.25, -0.2) is 0 Å². The lowest BCUT2D eigenvalue weighted by atomic mass is 9.91. The van der Waals surface area contributed by atoms with Crippen LogP contribution in [-0.4, -0.2) is 163 Å². The van der Waals surface area contributed by atoms with Crippen molar-refractivity contribution in [2.75, 3.05) is 19.6 Å². The largest absolute Gasteiger partial charge is 0.508 e. The Morgan fingerprint density at radius 2 is 1.44 bits per heavy atom. The zero-order chi connectivity index (χ0) is 53.2. The third-order valence-electron chi connectivity index (χ3n) is 14.3. The van der Waals surface area contributed by atoms with Crippen molar-refractivity contribution in [2.24, 2.45) is 23.5 Å². The minimum absolute atomic E-state index is 0.0305. The topological polar surface area (TPSA) is 330 Å². The summed E-state index contributed by atoms with van der Waals surface area (Å²) in [7, 11) is 0. The molecule has 0 saturated carbocycles. The van der Waals surface area contributed by atoms with Gasteiger partial charge in [-0.2, -0.15) is 0 Å². The summed E-state index contributed by atoms with van der Waals surface area (Å²) in [6, 6.07) is -3.41. The number of hydrogen-bond acceptors (Lipinski definition) is 13. The van der Waals surface area contributed by atoms with Crippen molar-refractivity contribution in [2.45, 2.75) is 198 Å². The fourth-order valence-corrected chi connectivity index (χ4v) is 9.88. The highest BCUT2D eigenvalue weighted by atomic mass is 16.3. The van der Waals surface area contributed by atoms with Gasteiger partial charge in [0.05, 0.1) is 30.8 Å². The Morgan fingerprint density at radius 3 is 2.10 bits per heavy atom. The van der Waals surface area contributed by atoms with Crippen LogP contribution in [0.15, 0.2) is 24.3 Å². The van der Waals surface area contributed by atoms with Crippen molar-refractivity contribution in [3.8, 4) is 5.75 Å². The molecule has 3 aliphatic rings. The van der Waals surface area contributed by atoms with Crippen molar-refractivity contribution >= 4 is 47.3 Å². The summed E-state index contributed by atoms with van der Waals surface area (Å²) < 4.78 is 0. The predicted octanol–water partition coefficient (Wildman–Crippen LogP) is 0.154. The molecular formula is C51H82N8O13. The van der Waals surface area contributed by atoms with Crippen molar-refractivity contribution < 1.29 is 63.9 Å². The summed E-state index contributed by atoms with van der Waals surface area (Å²) in [5, 5.41) is 67.1. The highest BCUT2D eigenvalue weighted by Gasteiger charge is 2.49. The zero-order valence-corrected chi connectivity index (χ0v) is 42.7. The number of carbonyl (C=O) groups excluding carboxylic acids is 8. The van der Waals surface area contributed by atoms with E-state index in [0.717, 1.165) is 47.8 Å². The highest BCUT2D eigenvalue weighted by Crippen LogP contribution is 2.27. The third-order valence-corrected chi connectivity index (χ3v) is 14.3. The number of nitrogens with zero attached hydrogens (tertiary/aromatic N) is 2. The van der Waals surface area contributed by atoms with Gasteiger partial charge in [-0.05, 0) is 75.0 Å². The molecule has 1 aromatic rings. The molecule has 12 N–H and O–H groups in total. The van der Waals surface area contributed by atoms with Crippen LogP contribution in [0.1, 0.15) is 136 Å². The number of phenolic OH excluding ortho intramolecular Hbond substituents is 1. The minimum atomic E-state index is -1.94. The monoisotopic (exact) mass is 1010 g/mol. The van der Waals surface area contributed by atoms with Crippen LogP contribution < -0.4 is 32.3 Å². The molecule has 72 heavy (non-hydrogen) atoms. The number of hydrogen-bond donors (Lipinski definition) is 11. The van der Waals surface area contributed by atoms with Crippen LogP contribution in [-0.2, 0) is 44.8 Å². The molecule has 2 unspecified atom stereocenters. The highest BCUT2D eigenvalue weighted by molar-refractivity contribution is 5.98. The number of unbranched alkanes of at least 4 members (excludes halogenated alkanes) is 5. The second kappa shape index (κ2) is 28.8. The van der Waals surface area contributed by atoms with Crippen molar-refractivity contribution in [1.82, 2.24) is 36.4 Å². The number of aromatic hydroxyl groups is 1. The number of carbonyl (C=O) groups is 8. The number of aryl methyl sites for hydroxylation is 1. The van der Waals surface area contributed by atoms with E-state index in [1.807, 2.05) is 0 Å². The number of nitrogens with one attached hydrogen (secondary N) is 5. The molecule has 404 valence electrons. The third kappa shape index (κ3) is 17.7. The Labute approximate surface area is 423 Å². The molecule has 8 amide bonds. The average molecular weight is 1020 g/mol. The molecule has 0 bridgehead atoms. The maximum Gasteiger partial charge on any atom is 0.248 e. The summed E-state index contributed by atoms with van der Waals surface area (Å²) >= 11 is 0. The first-order valence-corrected chi connectivity index (χ1v) is 26.0. The molecule has 0 spiro atoms. The van der Waals surface area contributed by atoms with E-state index in [4.69, 9.17) is 5.73 Å². The predicted molar refractivity (Wildman–Crippen MR) is 265 cm³/mol. The van der Waals surface area contributed by atoms with E-state index in [1.165, 1.54) is 38.3 Å². The van der Waals surface area contributed by atoms with Crippen LogP contribution in [0.4, 0.5) is 0 Å². The quantitative estimate of drug-likeness (QED) is 0.0777. The SMILES string of the molecule is CCC(C)CC(C)CCCCCCCCC(=O)N[C@@H]1CCCNC(=O)[C@@H]2[C@@H](O)[C@@H](C)CN2C(=O)[C@H]([C@H](O)CC(N)=O)NC(=O)[C@H](CCc2ccc(O)cc2)NC(=O)[C@@H]2C[C@@H](O)CN2C(=O)[C@H]([C@@H](C)O)NC1=O. The zero-order valence-electron chi connectivity index (χ0n) is 42.7. The van der Waals surface area contributed by atoms with Gasteiger partial charge in [0.25, 0.3) is 0 Å². The molecule has 21 heteroatoms. The molecule has 13 atom stereocenters. The maximum absolute atomic E-state index is 14.5. The molecule has 3 aliphatic heterocycles. The van der Waals surface area contributed by atoms with Gasteiger partial charge in [-0.1, -0.05) is 84.8 Å². The summed E-state index contributed by atoms with van der Waals surface area (Å²) in [6.07, 6.45) is 1.94. The van der Waals surface area contributed by atoms with Gasteiger partial charge in [0, 0.05) is 38.4 Å². The summed E-state index contributed by atoms with van der Waals surface area (Å²) in [5.41, 5.74) is 6.02. The lowest BCUT2D eigenvalue weighted by Crippen LogP contribution is -2.62. The van der Waals surface area contributed by atoms with E-state index >= 15 is 0 Å². The van der Waals surface area contributed by atoms with Crippen LogP contribution in [0.5, 0.6) is 5.75 Å². The average Bonchev–Trinajstić information content (AvgIpc) is 3.87. The van der Waals surface area contributed by atoms with Crippen molar-refractivity contribution in [3.63, 3.8) is 0 Å². The van der Waals surface area contributed by atoms with Crippen LogP contribution >= 0.6 is 0 Å². The number of rotatable bonds is 20. The second-order valence-electron chi connectivity index (χ2n) is 20.6. The van der Waals surface area contributed by atoms with E-state index in [0.29, 0.717) is 17.9 Å². The first-order chi connectivity index (χ1) is 34.1. The Hall–Kier alpha value is -5.38. The number of nitrogens with two attached hydrogens (primary N) is 1. The lowest BCUT2D eigenvalue weighted by Gasteiger charge is -2.33. The number of aliphatic hydroxyl groups is 4. The van der Waals surface area contributed by atoms with Gasteiger partial charge in [0.2, 0.25) is 47.3 Å². The molecule has 4 rings (SSSR count). The van der Waals surface area contributed by atoms with Gasteiger partial charge in [-0.3, -0.25) is 38.4 Å². The van der Waals surface area contributed by atoms with Crippen molar-refractivity contribution in [3.05, 3.63) is 29.8 Å². The number of fused-ring (bicyclic) bond motifs is 2. The van der Waals surface area contributed by atoms with E-state index in [-0.39, 0.29) is 57.4 Å². The number of amides is 8. The molecule has 3 saturated heterocycles. The number of benzene rings is 1. The summed E-state index contributed by atoms with van der Waals surface area (Å²) in [5.74, 6) is -6.38. The summed E-state index contributed by atoms with van der Waals surface area (Å²) in [4.78, 5) is 113. The fraction of sp³-hybridized carbons (Fsp3) is 0.725. The summed E-state index contributed by atoms with van der Waals surface area (Å²) in [6.45, 7) is 8.90. The van der Waals surface area contributed by atoms with Gasteiger partial charge in [0.1, 0.15) is 42.0 Å². The number of aliphatic hydroxyl groups excluding tert-OH is 4. The molecule has 3 fully saturated rings. The van der Waals surface area contributed by atoms with E-state index in [1.54, 1.807) is 19.1 Å². The Kier molecular flexibility index (Phi) is 23.6. The van der Waals surface area contributed by atoms with Gasteiger partial charge in [-0.15, -0.1) is 0 Å². The fourth-order valence-electron chi connectivity index (χ4n) is 9.88. The van der Waals surface area contributed by atoms with E-state index < -0.39 is 127 Å². The molecule has 3 heterocycles. The maximum atomic E-state index is 14.5. The van der Waals surface area contributed by atoms with Crippen LogP contribution in [0.2, 0.25) is 0 Å². The number of phenols is 1. The first-order valence-electron chi connectivity index (χ1n) is 26.0. The number of primary amides is 1. The standard InChI is InChI=1S/C51H82N8O13/c1-6-29(2)24-30(3)14-11-9-7-8-10-12-16-41(65)54-36-15-13-23-53-49(70)44-45(66)31(4)27-59(44)51(72)43(39(63)26-40(52)64)57-47(68)37(22-19-33-17-20-34(61)21-18-33)55-48(69)38-25-35(62)28-58(38)50(71)42(32(5)60)56-46(36)67/h17-18,20-21,29-32,35-39,42-45,60-63,66H,6-16,19,22-28H2,1-5H3,(H2,52,64)(H,53,70)(H,54,65)(H,55,69)(H,56,67)(H,57,68)/t29?,30?,31-,32+,35+,36+,37-,38-,39+,42-,43-,44-,45-/m0/s1. The van der Waals surface area contributed by atoms with Gasteiger partial charge in [0.15, 0.2) is 0 Å². The van der Waals surface area contributed by atoms with Gasteiger partial charge >= 0.3 is 0 Å².